The maximum absolute atomic E-state index is 13.0. The smallest absolute Gasteiger partial charge is 0.279 e. The number of thiazole rings is 1. The zero-order valence-corrected chi connectivity index (χ0v) is 20.7. The highest BCUT2D eigenvalue weighted by molar-refractivity contribution is 7.89. The number of ether oxygens (including phenoxy) is 2. The molecule has 34 heavy (non-hydrogen) atoms. The van der Waals surface area contributed by atoms with Gasteiger partial charge in [0.25, 0.3) is 5.91 Å². The molecule has 0 N–H and O–H groups in total. The molecule has 2 aliphatic rings. The Morgan fingerprint density at radius 3 is 2.38 bits per heavy atom. The number of hydrogen-bond acceptors (Lipinski definition) is 6. The first-order chi connectivity index (χ1) is 16.5. The third-order valence-electron chi connectivity index (χ3n) is 6.13. The molecule has 0 aliphatic carbocycles. The molecule has 0 radical (unpaired) electrons. The van der Waals surface area contributed by atoms with Crippen LogP contribution in [0.3, 0.4) is 0 Å². The van der Waals surface area contributed by atoms with E-state index in [2.05, 4.69) is 11.9 Å². The first kappa shape index (κ1) is 23.1. The van der Waals surface area contributed by atoms with Gasteiger partial charge in [-0.05, 0) is 43.5 Å². The molecule has 3 heterocycles. The van der Waals surface area contributed by atoms with Gasteiger partial charge in [0.1, 0.15) is 0 Å². The minimum atomic E-state index is -3.56. The largest absolute Gasteiger partial charge is 0.454 e. The van der Waals surface area contributed by atoms with E-state index < -0.39 is 15.9 Å². The Labute approximate surface area is 202 Å². The predicted octanol–water partition coefficient (Wildman–Crippen LogP) is 4.15. The Bertz CT molecular complexity index is 1380. The van der Waals surface area contributed by atoms with Crippen LogP contribution in [0.2, 0.25) is 0 Å². The van der Waals surface area contributed by atoms with Crippen molar-refractivity contribution < 1.29 is 22.7 Å². The monoisotopic (exact) mass is 501 g/mol. The number of hydrogen-bond donors (Lipinski definition) is 0. The molecule has 5 rings (SSSR count). The van der Waals surface area contributed by atoms with Crippen molar-refractivity contribution in [2.45, 2.75) is 50.5 Å². The SMILES string of the molecule is CCCn1c(=NC(=O)c2ccc(S(=O)(=O)N3CCCCCC3)cc2)sc2cc3c(cc21)OCO3. The summed E-state index contributed by atoms with van der Waals surface area (Å²) < 4.78 is 41.5. The Hall–Kier alpha value is -2.69. The zero-order chi connectivity index (χ0) is 23.7. The van der Waals surface area contributed by atoms with Crippen LogP contribution in [0.5, 0.6) is 11.5 Å². The van der Waals surface area contributed by atoms with Crippen LogP contribution in [0, 0.1) is 0 Å². The van der Waals surface area contributed by atoms with Crippen molar-refractivity contribution in [1.82, 2.24) is 8.87 Å². The maximum Gasteiger partial charge on any atom is 0.279 e. The van der Waals surface area contributed by atoms with E-state index in [0.717, 1.165) is 42.3 Å². The topological polar surface area (TPSA) is 90.2 Å². The number of rotatable bonds is 5. The van der Waals surface area contributed by atoms with E-state index in [-0.39, 0.29) is 11.7 Å². The third-order valence-corrected chi connectivity index (χ3v) is 9.08. The molecular weight excluding hydrogens is 474 g/mol. The molecule has 1 saturated heterocycles. The number of sulfonamides is 1. The molecule has 2 aliphatic heterocycles. The lowest BCUT2D eigenvalue weighted by Crippen LogP contribution is -2.31. The molecule has 0 saturated carbocycles. The fourth-order valence-electron chi connectivity index (χ4n) is 4.34. The summed E-state index contributed by atoms with van der Waals surface area (Å²) in [7, 11) is -3.56. The van der Waals surface area contributed by atoms with E-state index in [0.29, 0.717) is 41.5 Å². The molecule has 8 nitrogen and oxygen atoms in total. The van der Waals surface area contributed by atoms with Crippen molar-refractivity contribution in [3.8, 4) is 11.5 Å². The zero-order valence-electron chi connectivity index (χ0n) is 19.0. The van der Waals surface area contributed by atoms with E-state index in [1.807, 2.05) is 16.7 Å². The van der Waals surface area contributed by atoms with Gasteiger partial charge < -0.3 is 14.0 Å². The summed E-state index contributed by atoms with van der Waals surface area (Å²) in [5.74, 6) is 0.973. The van der Waals surface area contributed by atoms with E-state index in [1.54, 1.807) is 16.4 Å². The van der Waals surface area contributed by atoms with Gasteiger partial charge in [-0.25, -0.2) is 8.42 Å². The van der Waals surface area contributed by atoms with Gasteiger partial charge >= 0.3 is 0 Å². The molecular formula is C24H27N3O5S2. The van der Waals surface area contributed by atoms with Gasteiger partial charge in [0.15, 0.2) is 16.3 Å². The van der Waals surface area contributed by atoms with E-state index in [9.17, 15) is 13.2 Å². The van der Waals surface area contributed by atoms with Gasteiger partial charge in [-0.1, -0.05) is 31.1 Å². The summed E-state index contributed by atoms with van der Waals surface area (Å²) in [6.45, 7) is 4.07. The second-order valence-electron chi connectivity index (χ2n) is 8.47. The molecule has 1 aromatic heterocycles. The second-order valence-corrected chi connectivity index (χ2v) is 11.4. The third kappa shape index (κ3) is 4.37. The molecule has 0 spiro atoms. The normalized spacial score (nSPS) is 17.3. The number of carbonyl (C=O) groups excluding carboxylic acids is 1. The second kappa shape index (κ2) is 9.52. The molecule has 0 bridgehead atoms. The molecule has 1 fully saturated rings. The quantitative estimate of drug-likeness (QED) is 0.524. The van der Waals surface area contributed by atoms with Crippen LogP contribution in [0.25, 0.3) is 10.2 Å². The van der Waals surface area contributed by atoms with Gasteiger partial charge in [0, 0.05) is 37.3 Å². The molecule has 0 atom stereocenters. The van der Waals surface area contributed by atoms with E-state index >= 15 is 0 Å². The lowest BCUT2D eigenvalue weighted by atomic mass is 10.2. The van der Waals surface area contributed by atoms with Gasteiger partial charge in [0.2, 0.25) is 16.8 Å². The van der Waals surface area contributed by atoms with Crippen LogP contribution >= 0.6 is 11.3 Å². The first-order valence-corrected chi connectivity index (χ1v) is 13.9. The Morgan fingerprint density at radius 1 is 1.03 bits per heavy atom. The molecule has 1 amide bonds. The van der Waals surface area contributed by atoms with Crippen LogP contribution in [0.15, 0.2) is 46.3 Å². The highest BCUT2D eigenvalue weighted by Crippen LogP contribution is 2.37. The van der Waals surface area contributed by atoms with Crippen molar-refractivity contribution in [3.63, 3.8) is 0 Å². The fraction of sp³-hybridized carbons (Fsp3) is 0.417. The predicted molar refractivity (Wildman–Crippen MR) is 130 cm³/mol. The highest BCUT2D eigenvalue weighted by Gasteiger charge is 2.25. The van der Waals surface area contributed by atoms with Crippen molar-refractivity contribution in [2.24, 2.45) is 4.99 Å². The summed E-state index contributed by atoms with van der Waals surface area (Å²) in [6.07, 6.45) is 4.75. The molecule has 0 unspecified atom stereocenters. The number of amides is 1. The number of aromatic nitrogens is 1. The average molecular weight is 502 g/mol. The van der Waals surface area contributed by atoms with Crippen molar-refractivity contribution in [3.05, 3.63) is 46.8 Å². The van der Waals surface area contributed by atoms with Crippen LogP contribution in [0.1, 0.15) is 49.4 Å². The van der Waals surface area contributed by atoms with Crippen molar-refractivity contribution >= 4 is 37.5 Å². The van der Waals surface area contributed by atoms with Crippen LogP contribution < -0.4 is 14.3 Å². The standard InChI is InChI=1S/C24H27N3O5S2/c1-2-11-27-19-14-20-21(32-16-31-20)15-22(19)33-24(27)25-23(28)17-7-9-18(10-8-17)34(29,30)26-12-5-3-4-6-13-26/h7-10,14-15H,2-6,11-13,16H2,1H3. The van der Waals surface area contributed by atoms with Gasteiger partial charge in [-0.2, -0.15) is 9.30 Å². The summed E-state index contributed by atoms with van der Waals surface area (Å²) in [5.41, 5.74) is 1.30. The van der Waals surface area contributed by atoms with Crippen molar-refractivity contribution in [1.29, 1.82) is 0 Å². The first-order valence-electron chi connectivity index (χ1n) is 11.6. The van der Waals surface area contributed by atoms with Gasteiger partial charge in [-0.15, -0.1) is 0 Å². The number of aryl methyl sites for hydroxylation is 1. The minimum absolute atomic E-state index is 0.208. The summed E-state index contributed by atoms with van der Waals surface area (Å²) in [5, 5.41) is 0. The van der Waals surface area contributed by atoms with E-state index in [1.165, 1.54) is 23.5 Å². The maximum atomic E-state index is 13.0. The lowest BCUT2D eigenvalue weighted by molar-refractivity contribution is 0.0997. The molecule has 10 heteroatoms. The summed E-state index contributed by atoms with van der Waals surface area (Å²) in [6, 6.07) is 9.95. The van der Waals surface area contributed by atoms with E-state index in [4.69, 9.17) is 9.47 Å². The summed E-state index contributed by atoms with van der Waals surface area (Å²) >= 11 is 1.42. The number of fused-ring (bicyclic) bond motifs is 2. The Kier molecular flexibility index (Phi) is 6.46. The number of nitrogens with zero attached hydrogens (tertiary/aromatic N) is 3. The van der Waals surface area contributed by atoms with Crippen LogP contribution in [0.4, 0.5) is 0 Å². The minimum Gasteiger partial charge on any atom is -0.454 e. The van der Waals surface area contributed by atoms with Gasteiger partial charge in [0.05, 0.1) is 15.1 Å². The van der Waals surface area contributed by atoms with Crippen molar-refractivity contribution in [2.75, 3.05) is 19.9 Å². The van der Waals surface area contributed by atoms with Crippen LogP contribution in [-0.4, -0.2) is 43.1 Å². The lowest BCUT2D eigenvalue weighted by Gasteiger charge is -2.19. The highest BCUT2D eigenvalue weighted by atomic mass is 32.2. The fourth-order valence-corrected chi connectivity index (χ4v) is 6.92. The number of benzene rings is 2. The molecule has 180 valence electrons. The summed E-state index contributed by atoms with van der Waals surface area (Å²) in [4.78, 5) is 18.2. The average Bonchev–Trinajstić information content (AvgIpc) is 3.29. The molecule has 2 aromatic carbocycles. The Morgan fingerprint density at radius 2 is 1.71 bits per heavy atom. The van der Waals surface area contributed by atoms with Crippen LogP contribution in [-0.2, 0) is 16.6 Å². The Balaban J connectivity index is 1.45. The number of carbonyl (C=O) groups is 1. The molecule has 3 aromatic rings. The van der Waals surface area contributed by atoms with Gasteiger partial charge in [-0.3, -0.25) is 4.79 Å².